The largest absolute Gasteiger partial charge is 0.452 e. The van der Waals surface area contributed by atoms with Crippen LogP contribution < -0.4 is 5.32 Å². The fraction of sp³-hybridized carbons (Fsp3) is 0.571. The molecule has 0 unspecified atom stereocenters. The third-order valence-corrected chi connectivity index (χ3v) is 7.04. The van der Waals surface area contributed by atoms with Crippen LogP contribution in [0.3, 0.4) is 0 Å². The maximum atomic E-state index is 12.7. The highest BCUT2D eigenvalue weighted by Crippen LogP contribution is 2.35. The summed E-state index contributed by atoms with van der Waals surface area (Å²) in [5.41, 5.74) is 0.984. The molecular formula is C21H26N2O4S. The van der Waals surface area contributed by atoms with Crippen LogP contribution in [0.15, 0.2) is 23.1 Å². The van der Waals surface area contributed by atoms with Gasteiger partial charge in [-0.15, -0.1) is 11.8 Å². The van der Waals surface area contributed by atoms with Gasteiger partial charge in [0.25, 0.3) is 5.91 Å². The molecule has 2 atom stereocenters. The number of rotatable bonds is 3. The number of fused-ring (bicyclic) bond motifs is 2. The van der Waals surface area contributed by atoms with E-state index in [2.05, 4.69) is 5.32 Å². The number of benzene rings is 1. The van der Waals surface area contributed by atoms with Crippen molar-refractivity contribution in [2.24, 2.45) is 5.92 Å². The molecule has 0 bridgehead atoms. The highest BCUT2D eigenvalue weighted by molar-refractivity contribution is 7.99. The van der Waals surface area contributed by atoms with Crippen LogP contribution in [0.25, 0.3) is 0 Å². The van der Waals surface area contributed by atoms with Crippen molar-refractivity contribution < 1.29 is 19.1 Å². The smallest absolute Gasteiger partial charge is 0.338 e. The zero-order valence-electron chi connectivity index (χ0n) is 15.9. The molecule has 2 amide bonds. The van der Waals surface area contributed by atoms with Gasteiger partial charge in [0.15, 0.2) is 6.61 Å². The third kappa shape index (κ3) is 4.19. The zero-order chi connectivity index (χ0) is 19.5. The molecule has 1 aliphatic carbocycles. The number of carbonyl (C=O) groups excluding carboxylic acids is 3. The lowest BCUT2D eigenvalue weighted by atomic mass is 9.78. The maximum Gasteiger partial charge on any atom is 0.338 e. The highest BCUT2D eigenvalue weighted by Gasteiger charge is 2.35. The fourth-order valence-corrected chi connectivity index (χ4v) is 5.51. The van der Waals surface area contributed by atoms with Crippen LogP contribution in [-0.4, -0.2) is 47.6 Å². The number of amides is 2. The van der Waals surface area contributed by atoms with Gasteiger partial charge in [-0.3, -0.25) is 9.59 Å². The molecule has 6 nitrogen and oxygen atoms in total. The molecule has 1 saturated carbocycles. The second-order valence-corrected chi connectivity index (χ2v) is 8.91. The maximum absolute atomic E-state index is 12.7. The van der Waals surface area contributed by atoms with Gasteiger partial charge in [-0.2, -0.15) is 0 Å². The number of hydrogen-bond acceptors (Lipinski definition) is 5. The van der Waals surface area contributed by atoms with Crippen molar-refractivity contribution in [2.45, 2.75) is 55.9 Å². The molecule has 1 saturated heterocycles. The van der Waals surface area contributed by atoms with Crippen LogP contribution in [0.2, 0.25) is 0 Å². The van der Waals surface area contributed by atoms with E-state index in [0.717, 1.165) is 30.0 Å². The topological polar surface area (TPSA) is 75.7 Å². The average molecular weight is 403 g/mol. The van der Waals surface area contributed by atoms with Crippen molar-refractivity contribution in [3.8, 4) is 0 Å². The molecule has 0 radical (unpaired) electrons. The summed E-state index contributed by atoms with van der Waals surface area (Å²) in [5, 5.41) is 2.82. The molecule has 2 fully saturated rings. The van der Waals surface area contributed by atoms with Crippen molar-refractivity contribution >= 4 is 35.2 Å². The number of anilines is 1. The van der Waals surface area contributed by atoms with Gasteiger partial charge in [0.1, 0.15) is 0 Å². The van der Waals surface area contributed by atoms with Crippen molar-refractivity contribution in [1.29, 1.82) is 0 Å². The first kappa shape index (κ1) is 19.3. The van der Waals surface area contributed by atoms with Crippen LogP contribution in [0.4, 0.5) is 5.69 Å². The summed E-state index contributed by atoms with van der Waals surface area (Å²) in [4.78, 5) is 39.8. The number of piperidine rings is 1. The highest BCUT2D eigenvalue weighted by atomic mass is 32.2. The van der Waals surface area contributed by atoms with E-state index in [-0.39, 0.29) is 18.4 Å². The SMILES string of the molecule is O=C1CCSc2ccc(C(=O)OCC(=O)N3CCC[C@@H]4CCCC[C@@H]43)cc2N1. The van der Waals surface area contributed by atoms with Crippen LogP contribution in [0, 0.1) is 5.92 Å². The summed E-state index contributed by atoms with van der Waals surface area (Å²) in [6.07, 6.45) is 7.37. The molecule has 4 rings (SSSR count). The summed E-state index contributed by atoms with van der Waals surface area (Å²) < 4.78 is 5.32. The minimum absolute atomic E-state index is 0.0564. The number of thioether (sulfide) groups is 1. The number of ether oxygens (including phenoxy) is 1. The standard InChI is InChI=1S/C21H26N2O4S/c24-19-9-11-28-18-8-7-15(12-16(18)22-19)21(26)27-13-20(25)23-10-3-5-14-4-1-2-6-17(14)23/h7-8,12,14,17H,1-6,9-11,13H2,(H,22,24)/t14-,17-/m0/s1. The summed E-state index contributed by atoms with van der Waals surface area (Å²) in [6, 6.07) is 5.46. The summed E-state index contributed by atoms with van der Waals surface area (Å²) in [7, 11) is 0. The van der Waals surface area contributed by atoms with Crippen LogP contribution in [0.5, 0.6) is 0 Å². The summed E-state index contributed by atoms with van der Waals surface area (Å²) in [6.45, 7) is 0.542. The second kappa shape index (κ2) is 8.55. The molecular weight excluding hydrogens is 376 g/mol. The van der Waals surface area contributed by atoms with E-state index in [0.29, 0.717) is 29.6 Å². The molecule has 3 aliphatic rings. The molecule has 1 aromatic carbocycles. The quantitative estimate of drug-likeness (QED) is 0.784. The first-order valence-corrected chi connectivity index (χ1v) is 11.1. The molecule has 0 aromatic heterocycles. The Balaban J connectivity index is 1.37. The van der Waals surface area contributed by atoms with Crippen LogP contribution in [-0.2, 0) is 14.3 Å². The molecule has 2 heterocycles. The molecule has 2 aliphatic heterocycles. The van der Waals surface area contributed by atoms with Crippen molar-refractivity contribution in [1.82, 2.24) is 4.90 Å². The first-order valence-electron chi connectivity index (χ1n) is 10.1. The summed E-state index contributed by atoms with van der Waals surface area (Å²) in [5.74, 6) is 0.641. The number of nitrogens with zero attached hydrogens (tertiary/aromatic N) is 1. The normalized spacial score (nSPS) is 24.4. The number of hydrogen-bond donors (Lipinski definition) is 1. The Labute approximate surface area is 169 Å². The van der Waals surface area contributed by atoms with Crippen LogP contribution >= 0.6 is 11.8 Å². The van der Waals surface area contributed by atoms with E-state index >= 15 is 0 Å². The Morgan fingerprint density at radius 1 is 1.18 bits per heavy atom. The summed E-state index contributed by atoms with van der Waals surface area (Å²) >= 11 is 1.59. The van der Waals surface area contributed by atoms with E-state index in [9.17, 15) is 14.4 Å². The zero-order valence-corrected chi connectivity index (χ0v) is 16.8. The van der Waals surface area contributed by atoms with E-state index in [1.807, 2.05) is 11.0 Å². The Morgan fingerprint density at radius 3 is 2.89 bits per heavy atom. The number of esters is 1. The predicted octanol–water partition coefficient (Wildman–Crippen LogP) is 3.46. The van der Waals surface area contributed by atoms with Gasteiger partial charge < -0.3 is 15.0 Å². The first-order chi connectivity index (χ1) is 13.6. The van der Waals surface area contributed by atoms with E-state index < -0.39 is 5.97 Å². The Kier molecular flexibility index (Phi) is 5.90. The molecule has 1 aromatic rings. The van der Waals surface area contributed by atoms with Gasteiger partial charge in [0.2, 0.25) is 5.91 Å². The predicted molar refractivity (Wildman–Crippen MR) is 107 cm³/mol. The van der Waals surface area contributed by atoms with Gasteiger partial charge in [-0.05, 0) is 49.8 Å². The fourth-order valence-electron chi connectivity index (χ4n) is 4.57. The van der Waals surface area contributed by atoms with Gasteiger partial charge in [-0.25, -0.2) is 4.79 Å². The second-order valence-electron chi connectivity index (χ2n) is 7.77. The van der Waals surface area contributed by atoms with E-state index in [4.69, 9.17) is 4.74 Å². The van der Waals surface area contributed by atoms with Crippen molar-refractivity contribution in [3.63, 3.8) is 0 Å². The third-order valence-electron chi connectivity index (χ3n) is 5.97. The van der Waals surface area contributed by atoms with Crippen molar-refractivity contribution in [2.75, 3.05) is 24.2 Å². The lowest BCUT2D eigenvalue weighted by molar-refractivity contribution is -0.140. The molecule has 0 spiro atoms. The number of carbonyl (C=O) groups is 3. The molecule has 1 N–H and O–H groups in total. The van der Waals surface area contributed by atoms with E-state index in [1.165, 1.54) is 25.7 Å². The lowest BCUT2D eigenvalue weighted by Crippen LogP contribution is -2.50. The number of nitrogens with one attached hydrogen (secondary N) is 1. The Morgan fingerprint density at radius 2 is 2.00 bits per heavy atom. The molecule has 7 heteroatoms. The minimum Gasteiger partial charge on any atom is -0.452 e. The number of likely N-dealkylation sites (tertiary alicyclic amines) is 1. The molecule has 150 valence electrons. The van der Waals surface area contributed by atoms with Gasteiger partial charge in [0.05, 0.1) is 11.3 Å². The van der Waals surface area contributed by atoms with Gasteiger partial charge >= 0.3 is 5.97 Å². The lowest BCUT2D eigenvalue weighted by Gasteiger charge is -2.44. The van der Waals surface area contributed by atoms with Crippen molar-refractivity contribution in [3.05, 3.63) is 23.8 Å². The molecule has 28 heavy (non-hydrogen) atoms. The minimum atomic E-state index is -0.531. The Bertz CT molecular complexity index is 780. The average Bonchev–Trinajstić information content (AvgIpc) is 2.91. The Hall–Kier alpha value is -2.02. The van der Waals surface area contributed by atoms with Gasteiger partial charge in [-0.1, -0.05) is 12.8 Å². The van der Waals surface area contributed by atoms with E-state index in [1.54, 1.807) is 23.9 Å². The van der Waals surface area contributed by atoms with Gasteiger partial charge in [0, 0.05) is 29.7 Å². The monoisotopic (exact) mass is 402 g/mol. The van der Waals surface area contributed by atoms with Crippen LogP contribution in [0.1, 0.15) is 55.3 Å².